The van der Waals surface area contributed by atoms with Gasteiger partial charge in [-0.15, -0.1) is 0 Å². The summed E-state index contributed by atoms with van der Waals surface area (Å²) in [6, 6.07) is 3.47. The molecule has 0 atom stereocenters. The standard InChI is InChI=1S/C13H16N4O2S/c18-20(19,17-8-10-3-6-14-7-4-10)12-9-16-13-11(12)2-1-5-15-13/h1-3,5,9,14,17H,4,6-8H2,(H,15,16). The summed E-state index contributed by atoms with van der Waals surface area (Å²) < 4.78 is 27.3. The molecule has 0 fully saturated rings. The molecule has 0 aromatic carbocycles. The van der Waals surface area contributed by atoms with Crippen molar-refractivity contribution in [2.24, 2.45) is 0 Å². The fourth-order valence-corrected chi connectivity index (χ4v) is 3.45. The maximum absolute atomic E-state index is 12.3. The minimum atomic E-state index is -3.53. The molecule has 3 rings (SSSR count). The SMILES string of the molecule is O=S(=O)(NCC1=CCNCC1)c1c[nH]c2ncccc12. The van der Waals surface area contributed by atoms with Gasteiger partial charge in [-0.1, -0.05) is 11.6 Å². The van der Waals surface area contributed by atoms with Gasteiger partial charge in [0.1, 0.15) is 10.5 Å². The van der Waals surface area contributed by atoms with Crippen molar-refractivity contribution in [2.45, 2.75) is 11.3 Å². The van der Waals surface area contributed by atoms with Crippen LogP contribution in [0.5, 0.6) is 0 Å². The summed E-state index contributed by atoms with van der Waals surface area (Å²) in [6.07, 6.45) is 6.01. The predicted molar refractivity (Wildman–Crippen MR) is 76.9 cm³/mol. The number of hydrogen-bond acceptors (Lipinski definition) is 4. The molecule has 2 aromatic rings. The van der Waals surface area contributed by atoms with E-state index in [9.17, 15) is 8.42 Å². The number of pyridine rings is 1. The maximum Gasteiger partial charge on any atom is 0.243 e. The van der Waals surface area contributed by atoms with Crippen molar-refractivity contribution >= 4 is 21.1 Å². The highest BCUT2D eigenvalue weighted by Crippen LogP contribution is 2.20. The molecule has 2 aromatic heterocycles. The van der Waals surface area contributed by atoms with Crippen LogP contribution >= 0.6 is 0 Å². The molecule has 3 N–H and O–H groups in total. The lowest BCUT2D eigenvalue weighted by Crippen LogP contribution is -2.29. The molecule has 0 aliphatic carbocycles. The van der Waals surface area contributed by atoms with E-state index in [1.165, 1.54) is 6.20 Å². The Balaban J connectivity index is 1.83. The Morgan fingerprint density at radius 1 is 1.40 bits per heavy atom. The third kappa shape index (κ3) is 2.60. The van der Waals surface area contributed by atoms with Gasteiger partial charge in [0.05, 0.1) is 0 Å². The van der Waals surface area contributed by atoms with Crippen molar-refractivity contribution < 1.29 is 8.42 Å². The molecular formula is C13H16N4O2S. The summed E-state index contributed by atoms with van der Waals surface area (Å²) in [6.45, 7) is 2.05. The first-order valence-corrected chi connectivity index (χ1v) is 7.95. The van der Waals surface area contributed by atoms with E-state index in [1.807, 2.05) is 6.08 Å². The van der Waals surface area contributed by atoms with Gasteiger partial charge in [0, 0.05) is 30.9 Å². The molecule has 0 bridgehead atoms. The number of nitrogens with one attached hydrogen (secondary N) is 3. The van der Waals surface area contributed by atoms with Crippen LogP contribution in [-0.4, -0.2) is 38.0 Å². The van der Waals surface area contributed by atoms with E-state index < -0.39 is 10.0 Å². The van der Waals surface area contributed by atoms with Crippen molar-refractivity contribution in [1.29, 1.82) is 0 Å². The summed E-state index contributed by atoms with van der Waals surface area (Å²) in [5, 5.41) is 3.81. The topological polar surface area (TPSA) is 86.9 Å². The average molecular weight is 292 g/mol. The van der Waals surface area contributed by atoms with Crippen LogP contribution in [-0.2, 0) is 10.0 Å². The zero-order valence-electron chi connectivity index (χ0n) is 10.9. The van der Waals surface area contributed by atoms with Gasteiger partial charge < -0.3 is 10.3 Å². The second-order valence-corrected chi connectivity index (χ2v) is 6.43. The molecule has 0 unspecified atom stereocenters. The van der Waals surface area contributed by atoms with E-state index >= 15 is 0 Å². The Bertz CT molecular complexity index is 749. The zero-order chi connectivity index (χ0) is 14.0. The quantitative estimate of drug-likeness (QED) is 0.726. The van der Waals surface area contributed by atoms with Crippen molar-refractivity contribution in [2.75, 3.05) is 19.6 Å². The van der Waals surface area contributed by atoms with Crippen LogP contribution in [0, 0.1) is 0 Å². The molecule has 0 saturated heterocycles. The lowest BCUT2D eigenvalue weighted by molar-refractivity contribution is 0.583. The first-order chi connectivity index (χ1) is 9.67. The van der Waals surface area contributed by atoms with Crippen LogP contribution in [0.1, 0.15) is 6.42 Å². The molecule has 6 nitrogen and oxygen atoms in total. The number of fused-ring (bicyclic) bond motifs is 1. The van der Waals surface area contributed by atoms with E-state index in [4.69, 9.17) is 0 Å². The lowest BCUT2D eigenvalue weighted by Gasteiger charge is -2.14. The highest BCUT2D eigenvalue weighted by Gasteiger charge is 2.19. The molecule has 106 valence electrons. The van der Waals surface area contributed by atoms with E-state index in [0.717, 1.165) is 25.1 Å². The maximum atomic E-state index is 12.3. The Kier molecular flexibility index (Phi) is 3.56. The van der Waals surface area contributed by atoms with Crippen molar-refractivity contribution in [3.05, 3.63) is 36.2 Å². The molecule has 7 heteroatoms. The highest BCUT2D eigenvalue weighted by atomic mass is 32.2. The van der Waals surface area contributed by atoms with Gasteiger partial charge in [0.25, 0.3) is 0 Å². The van der Waals surface area contributed by atoms with Crippen LogP contribution in [0.3, 0.4) is 0 Å². The van der Waals surface area contributed by atoms with Crippen molar-refractivity contribution in [3.8, 4) is 0 Å². The second-order valence-electron chi connectivity index (χ2n) is 4.69. The summed E-state index contributed by atoms with van der Waals surface area (Å²) in [5.41, 5.74) is 1.69. The fraction of sp³-hybridized carbons (Fsp3) is 0.308. The molecule has 1 aliphatic heterocycles. The number of nitrogens with zero attached hydrogens (tertiary/aromatic N) is 1. The minimum Gasteiger partial charge on any atom is -0.345 e. The second kappa shape index (κ2) is 5.35. The molecular weight excluding hydrogens is 276 g/mol. The van der Waals surface area contributed by atoms with Gasteiger partial charge in [-0.05, 0) is 25.1 Å². The first kappa shape index (κ1) is 13.3. The monoisotopic (exact) mass is 292 g/mol. The fourth-order valence-electron chi connectivity index (χ4n) is 2.25. The number of hydrogen-bond donors (Lipinski definition) is 3. The van der Waals surface area contributed by atoms with Gasteiger partial charge in [-0.3, -0.25) is 0 Å². The normalized spacial score (nSPS) is 16.3. The zero-order valence-corrected chi connectivity index (χ0v) is 11.7. The average Bonchev–Trinajstić information content (AvgIpc) is 2.91. The van der Waals surface area contributed by atoms with Crippen LogP contribution < -0.4 is 10.0 Å². The van der Waals surface area contributed by atoms with Gasteiger partial charge in [0.15, 0.2) is 0 Å². The van der Waals surface area contributed by atoms with Crippen molar-refractivity contribution in [3.63, 3.8) is 0 Å². The smallest absolute Gasteiger partial charge is 0.243 e. The third-order valence-electron chi connectivity index (χ3n) is 3.35. The van der Waals surface area contributed by atoms with Gasteiger partial charge in [-0.25, -0.2) is 18.1 Å². The summed E-state index contributed by atoms with van der Waals surface area (Å²) in [4.78, 5) is 7.22. The minimum absolute atomic E-state index is 0.245. The summed E-state index contributed by atoms with van der Waals surface area (Å²) in [7, 11) is -3.53. The molecule has 0 radical (unpaired) electrons. The number of sulfonamides is 1. The first-order valence-electron chi connectivity index (χ1n) is 6.47. The van der Waals surface area contributed by atoms with Crippen LogP contribution in [0.25, 0.3) is 11.0 Å². The van der Waals surface area contributed by atoms with E-state index in [2.05, 4.69) is 20.0 Å². The largest absolute Gasteiger partial charge is 0.345 e. The Morgan fingerprint density at radius 2 is 2.30 bits per heavy atom. The molecule has 0 saturated carbocycles. The lowest BCUT2D eigenvalue weighted by atomic mass is 10.1. The molecule has 0 amide bonds. The Morgan fingerprint density at radius 3 is 3.10 bits per heavy atom. The number of rotatable bonds is 4. The molecule has 0 spiro atoms. The van der Waals surface area contributed by atoms with Crippen LogP contribution in [0.4, 0.5) is 0 Å². The van der Waals surface area contributed by atoms with E-state index in [-0.39, 0.29) is 4.90 Å². The third-order valence-corrected chi connectivity index (χ3v) is 4.79. The molecule has 20 heavy (non-hydrogen) atoms. The number of aromatic nitrogens is 2. The summed E-state index contributed by atoms with van der Waals surface area (Å²) in [5.74, 6) is 0. The predicted octanol–water partition coefficient (Wildman–Crippen LogP) is 0.761. The van der Waals surface area contributed by atoms with Crippen LogP contribution in [0.2, 0.25) is 0 Å². The summed E-state index contributed by atoms with van der Waals surface area (Å²) >= 11 is 0. The Hall–Kier alpha value is -1.70. The van der Waals surface area contributed by atoms with Crippen LogP contribution in [0.15, 0.2) is 41.1 Å². The van der Waals surface area contributed by atoms with Gasteiger partial charge >= 0.3 is 0 Å². The molecule has 3 heterocycles. The van der Waals surface area contributed by atoms with E-state index in [1.54, 1.807) is 18.3 Å². The van der Waals surface area contributed by atoms with Gasteiger partial charge in [0.2, 0.25) is 10.0 Å². The Labute approximate surface area is 117 Å². The highest BCUT2D eigenvalue weighted by molar-refractivity contribution is 7.89. The van der Waals surface area contributed by atoms with E-state index in [0.29, 0.717) is 17.6 Å². The number of aromatic amines is 1. The number of H-pyrrole nitrogens is 1. The van der Waals surface area contributed by atoms with Crippen molar-refractivity contribution in [1.82, 2.24) is 20.0 Å². The molecule has 1 aliphatic rings. The van der Waals surface area contributed by atoms with Gasteiger partial charge in [-0.2, -0.15) is 0 Å².